The molecule has 19 heavy (non-hydrogen) atoms. The van der Waals surface area contributed by atoms with Crippen LogP contribution in [-0.4, -0.2) is 28.1 Å². The third-order valence-corrected chi connectivity index (χ3v) is 2.92. The molecule has 0 radical (unpaired) electrons. The molecule has 0 aliphatic rings. The minimum absolute atomic E-state index is 0.127. The number of pyridine rings is 1. The topological polar surface area (TPSA) is 91.3 Å². The third-order valence-electron chi connectivity index (χ3n) is 2.92. The lowest BCUT2D eigenvalue weighted by atomic mass is 9.99. The highest BCUT2D eigenvalue weighted by molar-refractivity contribution is 5.82. The van der Waals surface area contributed by atoms with Gasteiger partial charge in [-0.05, 0) is 18.1 Å². The number of nitrogens with zero attached hydrogens (tertiary/aromatic N) is 1. The highest BCUT2D eigenvalue weighted by atomic mass is 16.4. The standard InChI is InChI=1S/C13H19N3O3/c1-3-9(2)11(12(17)18)16-13(19)15-8-10-6-4-5-7-14-10/h4-7,9,11H,3,8H2,1-2H3,(H,17,18)(H2,15,16,19). The molecule has 0 fully saturated rings. The summed E-state index contributed by atoms with van der Waals surface area (Å²) in [6.07, 6.45) is 2.31. The summed E-state index contributed by atoms with van der Waals surface area (Å²) in [6.45, 7) is 3.94. The van der Waals surface area contributed by atoms with Gasteiger partial charge in [-0.15, -0.1) is 0 Å². The molecule has 6 heteroatoms. The molecule has 2 atom stereocenters. The van der Waals surface area contributed by atoms with Crippen LogP contribution < -0.4 is 10.6 Å². The summed E-state index contributed by atoms with van der Waals surface area (Å²) < 4.78 is 0. The van der Waals surface area contributed by atoms with Gasteiger partial charge in [0, 0.05) is 6.20 Å². The SMILES string of the molecule is CCC(C)C(NC(=O)NCc1ccccn1)C(=O)O. The second-order valence-electron chi connectivity index (χ2n) is 4.35. The molecule has 0 aliphatic carbocycles. The van der Waals surface area contributed by atoms with Crippen molar-refractivity contribution in [3.05, 3.63) is 30.1 Å². The number of urea groups is 1. The third kappa shape index (κ3) is 4.95. The van der Waals surface area contributed by atoms with Gasteiger partial charge >= 0.3 is 12.0 Å². The first kappa shape index (κ1) is 14.9. The molecule has 0 bridgehead atoms. The maximum atomic E-state index is 11.6. The summed E-state index contributed by atoms with van der Waals surface area (Å²) in [5.41, 5.74) is 0.716. The highest BCUT2D eigenvalue weighted by Gasteiger charge is 2.25. The van der Waals surface area contributed by atoms with E-state index in [4.69, 9.17) is 5.11 Å². The van der Waals surface area contributed by atoms with Crippen molar-refractivity contribution in [3.8, 4) is 0 Å². The van der Waals surface area contributed by atoms with Gasteiger partial charge in [0.15, 0.2) is 0 Å². The monoisotopic (exact) mass is 265 g/mol. The zero-order valence-electron chi connectivity index (χ0n) is 11.1. The first-order valence-electron chi connectivity index (χ1n) is 6.21. The van der Waals surface area contributed by atoms with E-state index in [1.807, 2.05) is 13.0 Å². The predicted octanol–water partition coefficient (Wildman–Crippen LogP) is 1.38. The van der Waals surface area contributed by atoms with Crippen LogP contribution in [0.15, 0.2) is 24.4 Å². The van der Waals surface area contributed by atoms with Gasteiger partial charge in [0.25, 0.3) is 0 Å². The molecule has 0 saturated heterocycles. The van der Waals surface area contributed by atoms with Crippen molar-refractivity contribution in [1.82, 2.24) is 15.6 Å². The predicted molar refractivity (Wildman–Crippen MR) is 70.5 cm³/mol. The van der Waals surface area contributed by atoms with Gasteiger partial charge < -0.3 is 15.7 Å². The van der Waals surface area contributed by atoms with E-state index in [1.54, 1.807) is 25.3 Å². The Labute approximate surface area is 112 Å². The molecule has 1 aromatic rings. The van der Waals surface area contributed by atoms with Gasteiger partial charge in [0.1, 0.15) is 6.04 Å². The molecule has 0 spiro atoms. The van der Waals surface area contributed by atoms with E-state index in [9.17, 15) is 9.59 Å². The Kier molecular flexibility index (Phi) is 5.78. The van der Waals surface area contributed by atoms with Gasteiger partial charge in [-0.3, -0.25) is 4.98 Å². The molecular weight excluding hydrogens is 246 g/mol. The number of carbonyl (C=O) groups is 2. The lowest BCUT2D eigenvalue weighted by molar-refractivity contribution is -0.140. The number of nitrogens with one attached hydrogen (secondary N) is 2. The second-order valence-corrected chi connectivity index (χ2v) is 4.35. The number of carboxylic acid groups (broad SMARTS) is 1. The van der Waals surface area contributed by atoms with Crippen LogP contribution in [-0.2, 0) is 11.3 Å². The van der Waals surface area contributed by atoms with Gasteiger partial charge in [-0.1, -0.05) is 26.3 Å². The smallest absolute Gasteiger partial charge is 0.326 e. The molecule has 1 rings (SSSR count). The molecule has 1 aromatic heterocycles. The van der Waals surface area contributed by atoms with Crippen LogP contribution in [0.4, 0.5) is 4.79 Å². The van der Waals surface area contributed by atoms with Crippen LogP contribution >= 0.6 is 0 Å². The average Bonchev–Trinajstić information content (AvgIpc) is 2.42. The summed E-state index contributed by atoms with van der Waals surface area (Å²) in [5.74, 6) is -1.15. The van der Waals surface area contributed by atoms with E-state index in [0.29, 0.717) is 12.1 Å². The van der Waals surface area contributed by atoms with E-state index in [0.717, 1.165) is 0 Å². The van der Waals surface area contributed by atoms with Crippen LogP contribution in [0.25, 0.3) is 0 Å². The number of amides is 2. The molecule has 2 unspecified atom stereocenters. The number of carbonyl (C=O) groups excluding carboxylic acids is 1. The van der Waals surface area contributed by atoms with E-state index < -0.39 is 18.0 Å². The Morgan fingerprint density at radius 2 is 2.16 bits per heavy atom. The van der Waals surface area contributed by atoms with Gasteiger partial charge in [-0.25, -0.2) is 9.59 Å². The Morgan fingerprint density at radius 3 is 2.68 bits per heavy atom. The molecule has 3 N–H and O–H groups in total. The molecule has 2 amide bonds. The Morgan fingerprint density at radius 1 is 1.42 bits per heavy atom. The quantitative estimate of drug-likeness (QED) is 0.724. The van der Waals surface area contributed by atoms with Crippen molar-refractivity contribution in [2.24, 2.45) is 5.92 Å². The number of aliphatic carboxylic acids is 1. The maximum absolute atomic E-state index is 11.6. The summed E-state index contributed by atoms with van der Waals surface area (Å²) in [5, 5.41) is 14.1. The summed E-state index contributed by atoms with van der Waals surface area (Å²) in [6, 6.07) is 4.00. The molecule has 0 aromatic carbocycles. The molecule has 0 aliphatic heterocycles. The van der Waals surface area contributed by atoms with E-state index >= 15 is 0 Å². The zero-order valence-corrected chi connectivity index (χ0v) is 11.1. The Balaban J connectivity index is 2.47. The molecular formula is C13H19N3O3. The number of hydrogen-bond acceptors (Lipinski definition) is 3. The minimum Gasteiger partial charge on any atom is -0.480 e. The van der Waals surface area contributed by atoms with E-state index in [2.05, 4.69) is 15.6 Å². The molecule has 0 saturated carbocycles. The van der Waals surface area contributed by atoms with Gasteiger partial charge in [0.2, 0.25) is 0 Å². The van der Waals surface area contributed by atoms with Crippen LogP contribution in [0.3, 0.4) is 0 Å². The lowest BCUT2D eigenvalue weighted by Gasteiger charge is -2.20. The minimum atomic E-state index is -1.03. The largest absolute Gasteiger partial charge is 0.480 e. The number of hydrogen-bond donors (Lipinski definition) is 3. The average molecular weight is 265 g/mol. The highest BCUT2D eigenvalue weighted by Crippen LogP contribution is 2.07. The molecule has 1 heterocycles. The van der Waals surface area contributed by atoms with E-state index in [1.165, 1.54) is 0 Å². The fourth-order valence-electron chi connectivity index (χ4n) is 1.55. The second kappa shape index (κ2) is 7.35. The fraction of sp³-hybridized carbons (Fsp3) is 0.462. The first-order valence-corrected chi connectivity index (χ1v) is 6.21. The summed E-state index contributed by atoms with van der Waals surface area (Å²) in [7, 11) is 0. The van der Waals surface area contributed by atoms with Crippen LogP contribution in [0.5, 0.6) is 0 Å². The fourth-order valence-corrected chi connectivity index (χ4v) is 1.55. The van der Waals surface area contributed by atoms with Crippen molar-refractivity contribution in [2.45, 2.75) is 32.9 Å². The maximum Gasteiger partial charge on any atom is 0.326 e. The Hall–Kier alpha value is -2.11. The Bertz CT molecular complexity index is 422. The van der Waals surface area contributed by atoms with Crippen molar-refractivity contribution in [2.75, 3.05) is 0 Å². The van der Waals surface area contributed by atoms with Crippen LogP contribution in [0.2, 0.25) is 0 Å². The van der Waals surface area contributed by atoms with Gasteiger partial charge in [-0.2, -0.15) is 0 Å². The van der Waals surface area contributed by atoms with Crippen molar-refractivity contribution in [3.63, 3.8) is 0 Å². The van der Waals surface area contributed by atoms with Crippen molar-refractivity contribution >= 4 is 12.0 Å². The first-order chi connectivity index (χ1) is 9.04. The summed E-state index contributed by atoms with van der Waals surface area (Å²) in [4.78, 5) is 26.8. The summed E-state index contributed by atoms with van der Waals surface area (Å²) >= 11 is 0. The van der Waals surface area contributed by atoms with Crippen molar-refractivity contribution < 1.29 is 14.7 Å². The van der Waals surface area contributed by atoms with Gasteiger partial charge in [0.05, 0.1) is 12.2 Å². The normalized spacial score (nSPS) is 13.4. The molecule has 6 nitrogen and oxygen atoms in total. The van der Waals surface area contributed by atoms with Crippen molar-refractivity contribution in [1.29, 1.82) is 0 Å². The lowest BCUT2D eigenvalue weighted by Crippen LogP contribution is -2.48. The van der Waals surface area contributed by atoms with Crippen LogP contribution in [0, 0.1) is 5.92 Å². The number of rotatable bonds is 6. The number of carboxylic acids is 1. The van der Waals surface area contributed by atoms with E-state index in [-0.39, 0.29) is 12.5 Å². The number of aromatic nitrogens is 1. The molecule has 104 valence electrons. The zero-order chi connectivity index (χ0) is 14.3. The van der Waals surface area contributed by atoms with Crippen LogP contribution in [0.1, 0.15) is 26.0 Å².